The van der Waals surface area contributed by atoms with Crippen LogP contribution in [0.25, 0.3) is 0 Å². The number of aryl methyl sites for hydroxylation is 2. The first-order chi connectivity index (χ1) is 11.2. The molecule has 1 amide bonds. The highest BCUT2D eigenvalue weighted by atomic mass is 16.5. The second-order valence-corrected chi connectivity index (χ2v) is 5.85. The first-order valence-electron chi connectivity index (χ1n) is 7.99. The summed E-state index contributed by atoms with van der Waals surface area (Å²) >= 11 is 0. The van der Waals surface area contributed by atoms with Gasteiger partial charge in [0.1, 0.15) is 5.75 Å². The third kappa shape index (κ3) is 3.31. The topological polar surface area (TPSA) is 55.6 Å². The Bertz CT molecular complexity index is 712. The van der Waals surface area contributed by atoms with E-state index in [-0.39, 0.29) is 5.91 Å². The molecule has 0 fully saturated rings. The minimum atomic E-state index is 0.173. The quantitative estimate of drug-likeness (QED) is 0.882. The molecule has 1 aliphatic rings. The van der Waals surface area contributed by atoms with Gasteiger partial charge >= 0.3 is 0 Å². The Kier molecular flexibility index (Phi) is 4.51. The second kappa shape index (κ2) is 6.73. The van der Waals surface area contributed by atoms with Crippen molar-refractivity contribution in [2.45, 2.75) is 25.7 Å². The highest BCUT2D eigenvalue weighted by molar-refractivity contribution is 5.94. The zero-order valence-electron chi connectivity index (χ0n) is 13.4. The number of amides is 1. The lowest BCUT2D eigenvalue weighted by Gasteiger charge is -2.29. The molecule has 120 valence electrons. The van der Waals surface area contributed by atoms with E-state index in [9.17, 15) is 4.79 Å². The zero-order chi connectivity index (χ0) is 16.2. The van der Waals surface area contributed by atoms with Gasteiger partial charge in [0.25, 0.3) is 0 Å². The fraction of sp³-hybridized carbons (Fsp3) is 0.316. The predicted molar refractivity (Wildman–Crippen MR) is 92.8 cm³/mol. The van der Waals surface area contributed by atoms with Crippen LogP contribution in [0.1, 0.15) is 24.0 Å². The molecule has 23 heavy (non-hydrogen) atoms. The summed E-state index contributed by atoms with van der Waals surface area (Å²) < 4.78 is 5.16. The van der Waals surface area contributed by atoms with Crippen molar-refractivity contribution < 1.29 is 9.53 Å². The Hall–Kier alpha value is -2.49. The number of nitrogens with two attached hydrogens (primary N) is 1. The number of carbonyl (C=O) groups is 1. The normalized spacial score (nSPS) is 13.5. The first kappa shape index (κ1) is 15.4. The highest BCUT2D eigenvalue weighted by Gasteiger charge is 2.21. The Labute approximate surface area is 136 Å². The molecule has 1 aliphatic heterocycles. The van der Waals surface area contributed by atoms with Crippen molar-refractivity contribution in [2.24, 2.45) is 0 Å². The Morgan fingerprint density at radius 1 is 1.26 bits per heavy atom. The molecular formula is C19H22N2O2. The summed E-state index contributed by atoms with van der Waals surface area (Å²) in [6.07, 6.45) is 3.25. The van der Waals surface area contributed by atoms with Crippen LogP contribution in [0.2, 0.25) is 0 Å². The van der Waals surface area contributed by atoms with Crippen LogP contribution in [-0.4, -0.2) is 19.6 Å². The molecule has 0 saturated carbocycles. The summed E-state index contributed by atoms with van der Waals surface area (Å²) in [4.78, 5) is 14.5. The van der Waals surface area contributed by atoms with Crippen molar-refractivity contribution in [1.82, 2.24) is 0 Å². The van der Waals surface area contributed by atoms with E-state index in [1.165, 1.54) is 5.56 Å². The molecule has 3 rings (SSSR count). The Morgan fingerprint density at radius 3 is 2.87 bits per heavy atom. The van der Waals surface area contributed by atoms with Crippen LogP contribution in [0.5, 0.6) is 5.75 Å². The molecule has 2 aromatic rings. The number of methoxy groups -OCH3 is 1. The number of nitrogen functional groups attached to an aromatic ring is 1. The molecule has 0 aliphatic carbocycles. The molecule has 0 radical (unpaired) electrons. The summed E-state index contributed by atoms with van der Waals surface area (Å²) in [6.45, 7) is 0.806. The van der Waals surface area contributed by atoms with Crippen molar-refractivity contribution in [3.8, 4) is 5.75 Å². The summed E-state index contributed by atoms with van der Waals surface area (Å²) in [5.74, 6) is 0.844. The lowest BCUT2D eigenvalue weighted by atomic mass is 10.0. The van der Waals surface area contributed by atoms with Crippen LogP contribution < -0.4 is 15.4 Å². The van der Waals surface area contributed by atoms with Gasteiger partial charge in [0.2, 0.25) is 5.91 Å². The number of anilines is 2. The van der Waals surface area contributed by atoms with Gasteiger partial charge < -0.3 is 15.4 Å². The molecule has 0 bridgehead atoms. The van der Waals surface area contributed by atoms with Gasteiger partial charge in [-0.3, -0.25) is 4.79 Å². The van der Waals surface area contributed by atoms with Crippen LogP contribution in [0.3, 0.4) is 0 Å². The maximum Gasteiger partial charge on any atom is 0.227 e. The van der Waals surface area contributed by atoms with Crippen LogP contribution >= 0.6 is 0 Å². The minimum absolute atomic E-state index is 0.173. The van der Waals surface area contributed by atoms with E-state index in [1.54, 1.807) is 7.11 Å². The average molecular weight is 310 g/mol. The van der Waals surface area contributed by atoms with E-state index in [1.807, 2.05) is 41.3 Å². The second-order valence-electron chi connectivity index (χ2n) is 5.85. The van der Waals surface area contributed by atoms with Gasteiger partial charge in [0.15, 0.2) is 0 Å². The van der Waals surface area contributed by atoms with Gasteiger partial charge in [-0.15, -0.1) is 0 Å². The van der Waals surface area contributed by atoms with Gasteiger partial charge in [-0.1, -0.05) is 24.3 Å². The number of benzene rings is 2. The lowest BCUT2D eigenvalue weighted by Crippen LogP contribution is -2.35. The van der Waals surface area contributed by atoms with Gasteiger partial charge in [0.05, 0.1) is 12.8 Å². The number of ether oxygens (including phenoxy) is 1. The zero-order valence-corrected chi connectivity index (χ0v) is 13.4. The van der Waals surface area contributed by atoms with Gasteiger partial charge in [-0.2, -0.15) is 0 Å². The summed E-state index contributed by atoms with van der Waals surface area (Å²) in [7, 11) is 1.60. The van der Waals surface area contributed by atoms with E-state index >= 15 is 0 Å². The number of rotatable bonds is 4. The largest absolute Gasteiger partial charge is 0.495 e. The predicted octanol–water partition coefficient (Wildman–Crippen LogP) is 3.19. The molecule has 4 heteroatoms. The highest BCUT2D eigenvalue weighted by Crippen LogP contribution is 2.28. The van der Waals surface area contributed by atoms with Crippen molar-refractivity contribution >= 4 is 17.3 Å². The first-order valence-corrected chi connectivity index (χ1v) is 7.99. The van der Waals surface area contributed by atoms with Gasteiger partial charge in [0, 0.05) is 18.7 Å². The van der Waals surface area contributed by atoms with Gasteiger partial charge in [-0.25, -0.2) is 0 Å². The van der Waals surface area contributed by atoms with Crippen LogP contribution in [0.15, 0.2) is 42.5 Å². The number of fused-ring (bicyclic) bond motifs is 1. The van der Waals surface area contributed by atoms with Crippen LogP contribution in [0, 0.1) is 0 Å². The summed E-state index contributed by atoms with van der Waals surface area (Å²) in [6, 6.07) is 13.9. The standard InChI is InChI=1S/C19H22N2O2/c1-23-18-10-8-14(13-16(18)20)9-11-19(22)21-12-4-6-15-5-2-3-7-17(15)21/h2-3,5,7-8,10,13H,4,6,9,11-12,20H2,1H3. The Balaban J connectivity index is 1.67. The molecule has 0 unspecified atom stereocenters. The number of para-hydroxylation sites is 1. The molecule has 4 nitrogen and oxygen atoms in total. The van der Waals surface area contributed by atoms with Crippen molar-refractivity contribution in [2.75, 3.05) is 24.3 Å². The molecule has 0 spiro atoms. The van der Waals surface area contributed by atoms with Crippen LogP contribution in [-0.2, 0) is 17.6 Å². The van der Waals surface area contributed by atoms with E-state index in [4.69, 9.17) is 10.5 Å². The maximum atomic E-state index is 12.6. The monoisotopic (exact) mass is 310 g/mol. The van der Waals surface area contributed by atoms with Crippen molar-refractivity contribution in [3.05, 3.63) is 53.6 Å². The van der Waals surface area contributed by atoms with E-state index < -0.39 is 0 Å². The number of carbonyl (C=O) groups excluding carboxylic acids is 1. The fourth-order valence-electron chi connectivity index (χ4n) is 3.12. The minimum Gasteiger partial charge on any atom is -0.495 e. The van der Waals surface area contributed by atoms with E-state index in [0.29, 0.717) is 24.3 Å². The molecule has 0 aromatic heterocycles. The van der Waals surface area contributed by atoms with E-state index in [0.717, 1.165) is 30.6 Å². The molecule has 0 atom stereocenters. The van der Waals surface area contributed by atoms with Crippen LogP contribution in [0.4, 0.5) is 11.4 Å². The number of hydrogen-bond acceptors (Lipinski definition) is 3. The van der Waals surface area contributed by atoms with Crippen molar-refractivity contribution in [1.29, 1.82) is 0 Å². The number of nitrogens with zero attached hydrogens (tertiary/aromatic N) is 1. The smallest absolute Gasteiger partial charge is 0.227 e. The third-order valence-corrected chi connectivity index (χ3v) is 4.33. The lowest BCUT2D eigenvalue weighted by molar-refractivity contribution is -0.118. The SMILES string of the molecule is COc1ccc(CCC(=O)N2CCCc3ccccc32)cc1N. The molecule has 0 saturated heterocycles. The van der Waals surface area contributed by atoms with E-state index in [2.05, 4.69) is 6.07 Å². The molecule has 2 N–H and O–H groups in total. The Morgan fingerprint density at radius 2 is 2.09 bits per heavy atom. The fourth-order valence-corrected chi connectivity index (χ4v) is 3.12. The van der Waals surface area contributed by atoms with Gasteiger partial charge in [-0.05, 0) is 48.6 Å². The number of hydrogen-bond donors (Lipinski definition) is 1. The molecular weight excluding hydrogens is 288 g/mol. The molecule has 2 aromatic carbocycles. The maximum absolute atomic E-state index is 12.6. The summed E-state index contributed by atoms with van der Waals surface area (Å²) in [5, 5.41) is 0. The molecule has 1 heterocycles. The summed E-state index contributed by atoms with van der Waals surface area (Å²) in [5.41, 5.74) is 9.93. The van der Waals surface area contributed by atoms with Crippen molar-refractivity contribution in [3.63, 3.8) is 0 Å². The third-order valence-electron chi connectivity index (χ3n) is 4.33. The average Bonchev–Trinajstić information content (AvgIpc) is 2.59.